The van der Waals surface area contributed by atoms with Gasteiger partial charge in [0.1, 0.15) is 5.76 Å². The largest absolute Gasteiger partial charge is 0.468 e. The number of aryl methyl sites for hydroxylation is 1. The molecule has 1 unspecified atom stereocenters. The van der Waals surface area contributed by atoms with Crippen molar-refractivity contribution >= 4 is 0 Å². The van der Waals surface area contributed by atoms with Crippen LogP contribution in [0.3, 0.4) is 0 Å². The first-order valence-corrected chi connectivity index (χ1v) is 8.73. The van der Waals surface area contributed by atoms with Crippen LogP contribution in [0.2, 0.25) is 0 Å². The van der Waals surface area contributed by atoms with Gasteiger partial charge in [-0.05, 0) is 25.1 Å². The van der Waals surface area contributed by atoms with E-state index < -0.39 is 0 Å². The van der Waals surface area contributed by atoms with Crippen LogP contribution in [0.4, 0.5) is 0 Å². The first-order chi connectivity index (χ1) is 11.7. The maximum absolute atomic E-state index is 5.98. The van der Waals surface area contributed by atoms with Crippen LogP contribution in [0.1, 0.15) is 17.7 Å². The third kappa shape index (κ3) is 3.55. The number of ether oxygens (including phenoxy) is 1. The van der Waals surface area contributed by atoms with Gasteiger partial charge in [-0.3, -0.25) is 14.5 Å². The maximum atomic E-state index is 5.98. The summed E-state index contributed by atoms with van der Waals surface area (Å²) in [5.41, 5.74) is 1.52. The Hall–Kier alpha value is -1.63. The van der Waals surface area contributed by atoms with Crippen molar-refractivity contribution in [3.63, 3.8) is 0 Å². The molecule has 2 aromatic rings. The summed E-state index contributed by atoms with van der Waals surface area (Å²) in [6.07, 6.45) is 7.02. The van der Waals surface area contributed by atoms with Crippen molar-refractivity contribution in [3.05, 3.63) is 42.1 Å². The van der Waals surface area contributed by atoms with E-state index in [2.05, 4.69) is 27.2 Å². The van der Waals surface area contributed by atoms with Crippen molar-refractivity contribution < 1.29 is 9.15 Å². The zero-order valence-corrected chi connectivity index (χ0v) is 14.4. The van der Waals surface area contributed by atoms with E-state index >= 15 is 0 Å². The summed E-state index contributed by atoms with van der Waals surface area (Å²) in [6, 6.07) is 4.02. The van der Waals surface area contributed by atoms with Gasteiger partial charge in [-0.15, -0.1) is 0 Å². The van der Waals surface area contributed by atoms with Gasteiger partial charge in [0.2, 0.25) is 0 Å². The predicted molar refractivity (Wildman–Crippen MR) is 90.3 cm³/mol. The molecule has 2 aliphatic rings. The lowest BCUT2D eigenvalue weighted by molar-refractivity contribution is 0.0701. The number of nitrogens with zero attached hydrogens (tertiary/aromatic N) is 4. The van der Waals surface area contributed by atoms with E-state index in [9.17, 15) is 0 Å². The third-order valence-electron chi connectivity index (χ3n) is 5.16. The monoisotopic (exact) mass is 330 g/mol. The number of likely N-dealkylation sites (tertiary alicyclic amines) is 1. The van der Waals surface area contributed by atoms with Gasteiger partial charge in [0.25, 0.3) is 0 Å². The highest BCUT2D eigenvalue weighted by molar-refractivity contribution is 5.05. The summed E-state index contributed by atoms with van der Waals surface area (Å²) in [5.74, 6) is 1.05. The van der Waals surface area contributed by atoms with E-state index in [0.29, 0.717) is 0 Å². The Bertz CT molecular complexity index is 654. The van der Waals surface area contributed by atoms with Crippen molar-refractivity contribution in [2.45, 2.75) is 19.5 Å². The molecule has 2 aromatic heterocycles. The first kappa shape index (κ1) is 15.9. The number of hydrogen-bond acceptors (Lipinski definition) is 5. The van der Waals surface area contributed by atoms with Crippen LogP contribution < -0.4 is 0 Å². The fourth-order valence-corrected chi connectivity index (χ4v) is 4.06. The molecule has 0 radical (unpaired) electrons. The summed E-state index contributed by atoms with van der Waals surface area (Å²) < 4.78 is 13.4. The molecule has 1 spiro atoms. The van der Waals surface area contributed by atoms with Crippen LogP contribution in [0, 0.1) is 5.41 Å². The minimum absolute atomic E-state index is 0.241. The van der Waals surface area contributed by atoms with Crippen LogP contribution in [-0.2, 0) is 24.9 Å². The number of hydrogen-bond donors (Lipinski definition) is 0. The molecule has 0 saturated carbocycles. The molecule has 0 bridgehead atoms. The average molecular weight is 330 g/mol. The Kier molecular flexibility index (Phi) is 4.43. The molecule has 24 heavy (non-hydrogen) atoms. The Balaban J connectivity index is 1.40. The van der Waals surface area contributed by atoms with E-state index in [4.69, 9.17) is 9.15 Å². The fraction of sp³-hybridized carbons (Fsp3) is 0.611. The number of rotatable bonds is 4. The maximum Gasteiger partial charge on any atom is 0.117 e. The first-order valence-electron chi connectivity index (χ1n) is 8.73. The van der Waals surface area contributed by atoms with E-state index in [1.165, 1.54) is 12.0 Å². The lowest BCUT2D eigenvalue weighted by atomic mass is 9.87. The molecule has 0 aliphatic carbocycles. The minimum atomic E-state index is 0.241. The van der Waals surface area contributed by atoms with Gasteiger partial charge in [0.05, 0.1) is 32.2 Å². The highest BCUT2D eigenvalue weighted by Crippen LogP contribution is 2.34. The molecule has 0 N–H and O–H groups in total. The lowest BCUT2D eigenvalue weighted by Gasteiger charge is -2.31. The van der Waals surface area contributed by atoms with Crippen molar-refractivity contribution in [3.8, 4) is 0 Å². The second-order valence-electron chi connectivity index (χ2n) is 7.33. The van der Waals surface area contributed by atoms with E-state index in [0.717, 1.165) is 58.2 Å². The SMILES string of the molecule is Cn1cc(CN2CCOCC3(CCN(Cc4ccco4)C3)C2)cn1. The van der Waals surface area contributed by atoms with Crippen LogP contribution in [-0.4, -0.2) is 59.0 Å². The van der Waals surface area contributed by atoms with Gasteiger partial charge in [-0.2, -0.15) is 5.10 Å². The summed E-state index contributed by atoms with van der Waals surface area (Å²) in [6.45, 7) is 7.83. The standard InChI is InChI=1S/C18H26N4O2/c1-20-10-16(9-19-20)11-22-6-8-23-15-18(14-22)4-5-21(13-18)12-17-3-2-7-24-17/h2-3,7,9-10H,4-6,8,11-15H2,1H3. The van der Waals surface area contributed by atoms with Crippen LogP contribution in [0.5, 0.6) is 0 Å². The van der Waals surface area contributed by atoms with Gasteiger partial charge in [0, 0.05) is 50.4 Å². The smallest absolute Gasteiger partial charge is 0.117 e. The molecule has 2 fully saturated rings. The minimum Gasteiger partial charge on any atom is -0.468 e. The molecular formula is C18H26N4O2. The highest BCUT2D eigenvalue weighted by Gasteiger charge is 2.41. The lowest BCUT2D eigenvalue weighted by Crippen LogP contribution is -2.40. The Morgan fingerprint density at radius 2 is 2.08 bits per heavy atom. The van der Waals surface area contributed by atoms with E-state index in [1.54, 1.807) is 6.26 Å². The molecule has 6 heteroatoms. The molecule has 4 rings (SSSR count). The summed E-state index contributed by atoms with van der Waals surface area (Å²) in [5, 5.41) is 4.29. The van der Waals surface area contributed by atoms with Crippen molar-refractivity contribution in [2.24, 2.45) is 12.5 Å². The number of furan rings is 1. The van der Waals surface area contributed by atoms with Gasteiger partial charge >= 0.3 is 0 Å². The molecule has 2 aliphatic heterocycles. The van der Waals surface area contributed by atoms with Crippen molar-refractivity contribution in [1.29, 1.82) is 0 Å². The second kappa shape index (κ2) is 6.70. The van der Waals surface area contributed by atoms with Crippen molar-refractivity contribution in [2.75, 3.05) is 39.4 Å². The molecular weight excluding hydrogens is 304 g/mol. The molecule has 0 amide bonds. The molecule has 1 atom stereocenters. The van der Waals surface area contributed by atoms with E-state index in [-0.39, 0.29) is 5.41 Å². The molecule has 0 aromatic carbocycles. The average Bonchev–Trinajstić information content (AvgIpc) is 3.25. The predicted octanol–water partition coefficient (Wildman–Crippen LogP) is 1.74. The topological polar surface area (TPSA) is 46.7 Å². The third-order valence-corrected chi connectivity index (χ3v) is 5.16. The summed E-state index contributed by atoms with van der Waals surface area (Å²) in [4.78, 5) is 5.02. The molecule has 2 saturated heterocycles. The second-order valence-corrected chi connectivity index (χ2v) is 7.33. The van der Waals surface area contributed by atoms with Gasteiger partial charge < -0.3 is 9.15 Å². The van der Waals surface area contributed by atoms with Gasteiger partial charge in [0.15, 0.2) is 0 Å². The van der Waals surface area contributed by atoms with Gasteiger partial charge in [-0.1, -0.05) is 0 Å². The van der Waals surface area contributed by atoms with Crippen LogP contribution in [0.15, 0.2) is 35.2 Å². The Labute approximate surface area is 143 Å². The van der Waals surface area contributed by atoms with Crippen LogP contribution in [0.25, 0.3) is 0 Å². The fourth-order valence-electron chi connectivity index (χ4n) is 4.06. The summed E-state index contributed by atoms with van der Waals surface area (Å²) >= 11 is 0. The quantitative estimate of drug-likeness (QED) is 0.854. The molecule has 130 valence electrons. The zero-order chi connectivity index (χ0) is 16.4. The summed E-state index contributed by atoms with van der Waals surface area (Å²) in [7, 11) is 1.97. The van der Waals surface area contributed by atoms with Gasteiger partial charge in [-0.25, -0.2) is 0 Å². The Morgan fingerprint density at radius 1 is 1.21 bits per heavy atom. The number of aromatic nitrogens is 2. The molecule has 6 nitrogen and oxygen atoms in total. The highest BCUT2D eigenvalue weighted by atomic mass is 16.5. The van der Waals surface area contributed by atoms with Crippen molar-refractivity contribution in [1.82, 2.24) is 19.6 Å². The zero-order valence-electron chi connectivity index (χ0n) is 14.4. The normalized spacial score (nSPS) is 26.2. The Morgan fingerprint density at radius 3 is 2.83 bits per heavy atom. The molecule has 4 heterocycles. The van der Waals surface area contributed by atoms with E-state index in [1.807, 2.05) is 24.0 Å². The van der Waals surface area contributed by atoms with Crippen LogP contribution >= 0.6 is 0 Å².